The Morgan fingerprint density at radius 3 is 2.80 bits per heavy atom. The molecule has 3 rings (SSSR count). The van der Waals surface area contributed by atoms with Crippen LogP contribution in [0, 0.1) is 11.3 Å². The number of pyridine rings is 1. The highest BCUT2D eigenvalue weighted by Crippen LogP contribution is 2.17. The summed E-state index contributed by atoms with van der Waals surface area (Å²) in [6, 6.07) is 10.5. The molecule has 7 heteroatoms. The molecule has 0 saturated carbocycles. The molecule has 0 aliphatic rings. The van der Waals surface area contributed by atoms with Gasteiger partial charge in [0.15, 0.2) is 0 Å². The summed E-state index contributed by atoms with van der Waals surface area (Å²) in [5.41, 5.74) is -0.937. The molecule has 0 aliphatic carbocycles. The summed E-state index contributed by atoms with van der Waals surface area (Å²) in [6.45, 7) is 0. The highest BCUT2D eigenvalue weighted by molar-refractivity contribution is 5.85. The Bertz CT molecular complexity index is 959. The number of aromatic amines is 1. The molecule has 3 aromatic rings. The first kappa shape index (κ1) is 11.8. The summed E-state index contributed by atoms with van der Waals surface area (Å²) in [4.78, 5) is 29.5. The lowest BCUT2D eigenvalue weighted by atomic mass is 10.2. The number of aromatic nitrogens is 4. The normalized spacial score (nSPS) is 10.3. The van der Waals surface area contributed by atoms with Gasteiger partial charge in [0, 0.05) is 11.6 Å². The number of nitrogens with one attached hydrogen (secondary N) is 1. The van der Waals surface area contributed by atoms with Crippen LogP contribution < -0.4 is 11.2 Å². The van der Waals surface area contributed by atoms with Crippen LogP contribution in [0.3, 0.4) is 0 Å². The molecule has 20 heavy (non-hydrogen) atoms. The zero-order valence-corrected chi connectivity index (χ0v) is 10.1. The summed E-state index contributed by atoms with van der Waals surface area (Å²) in [5.74, 6) is 0. The van der Waals surface area contributed by atoms with Crippen molar-refractivity contribution in [1.29, 1.82) is 5.26 Å². The summed E-state index contributed by atoms with van der Waals surface area (Å²) < 4.78 is 0.968. The molecule has 0 atom stereocenters. The maximum absolute atomic E-state index is 11.9. The molecule has 0 saturated heterocycles. The monoisotopic (exact) mass is 265 g/mol. The minimum atomic E-state index is -0.804. The largest absolute Gasteiger partial charge is 0.349 e. The van der Waals surface area contributed by atoms with Gasteiger partial charge in [-0.2, -0.15) is 9.94 Å². The van der Waals surface area contributed by atoms with Crippen molar-refractivity contribution in [3.8, 4) is 11.8 Å². The van der Waals surface area contributed by atoms with Crippen LogP contribution in [0.4, 0.5) is 0 Å². The van der Waals surface area contributed by atoms with Gasteiger partial charge in [0.05, 0.1) is 11.2 Å². The number of nitriles is 1. The second kappa shape index (κ2) is 4.44. The third-order valence-corrected chi connectivity index (χ3v) is 2.77. The second-order valence-electron chi connectivity index (χ2n) is 3.98. The lowest BCUT2D eigenvalue weighted by Crippen LogP contribution is -2.33. The van der Waals surface area contributed by atoms with E-state index in [9.17, 15) is 9.59 Å². The van der Waals surface area contributed by atoms with E-state index in [0.717, 1.165) is 10.1 Å². The first-order chi connectivity index (χ1) is 9.70. The standard InChI is InChI=1S/C13H7N5O2/c14-7-9-12(19)16-13(20)18(17-9)10-5-1-3-8-4-2-6-15-11(8)10/h1-6H,(H,16,19,20). The Balaban J connectivity index is 2.41. The van der Waals surface area contributed by atoms with Crippen LogP contribution in [0.5, 0.6) is 0 Å². The molecule has 96 valence electrons. The van der Waals surface area contributed by atoms with Gasteiger partial charge in [0.2, 0.25) is 5.69 Å². The summed E-state index contributed by atoms with van der Waals surface area (Å²) in [7, 11) is 0. The fraction of sp³-hybridized carbons (Fsp3) is 0. The summed E-state index contributed by atoms with van der Waals surface area (Å²) >= 11 is 0. The van der Waals surface area contributed by atoms with E-state index in [1.807, 2.05) is 12.1 Å². The number of benzene rings is 1. The number of fused-ring (bicyclic) bond motifs is 1. The fourth-order valence-electron chi connectivity index (χ4n) is 1.90. The van der Waals surface area contributed by atoms with Crippen molar-refractivity contribution in [3.63, 3.8) is 0 Å². The van der Waals surface area contributed by atoms with Crippen molar-refractivity contribution in [2.45, 2.75) is 0 Å². The van der Waals surface area contributed by atoms with Gasteiger partial charge in [-0.1, -0.05) is 18.2 Å². The fourth-order valence-corrected chi connectivity index (χ4v) is 1.90. The van der Waals surface area contributed by atoms with E-state index in [0.29, 0.717) is 11.2 Å². The molecule has 1 N–H and O–H groups in total. The minimum absolute atomic E-state index is 0.377. The SMILES string of the molecule is N#Cc1nn(-c2cccc3cccnc23)c(=O)[nH]c1=O. The molecule has 0 aliphatic heterocycles. The molecule has 0 unspecified atom stereocenters. The van der Waals surface area contributed by atoms with E-state index in [1.165, 1.54) is 0 Å². The van der Waals surface area contributed by atoms with Gasteiger partial charge in [0.1, 0.15) is 6.07 Å². The van der Waals surface area contributed by atoms with Gasteiger partial charge in [-0.05, 0) is 12.1 Å². The quantitative estimate of drug-likeness (QED) is 0.683. The predicted molar refractivity (Wildman–Crippen MR) is 70.5 cm³/mol. The van der Waals surface area contributed by atoms with E-state index in [2.05, 4.69) is 15.1 Å². The molecule has 7 nitrogen and oxygen atoms in total. The first-order valence-electron chi connectivity index (χ1n) is 5.68. The van der Waals surface area contributed by atoms with Gasteiger partial charge in [-0.3, -0.25) is 14.8 Å². The van der Waals surface area contributed by atoms with Crippen molar-refractivity contribution in [3.05, 3.63) is 63.1 Å². The van der Waals surface area contributed by atoms with Gasteiger partial charge < -0.3 is 0 Å². The van der Waals surface area contributed by atoms with Crippen LogP contribution >= 0.6 is 0 Å². The van der Waals surface area contributed by atoms with Crippen molar-refractivity contribution >= 4 is 10.9 Å². The first-order valence-corrected chi connectivity index (χ1v) is 5.68. The van der Waals surface area contributed by atoms with Crippen LogP contribution in [0.15, 0.2) is 46.1 Å². The lowest BCUT2D eigenvalue weighted by Gasteiger charge is -2.06. The Morgan fingerprint density at radius 2 is 2.00 bits per heavy atom. The number of hydrogen-bond donors (Lipinski definition) is 1. The van der Waals surface area contributed by atoms with Gasteiger partial charge >= 0.3 is 5.69 Å². The molecule has 0 fully saturated rings. The van der Waals surface area contributed by atoms with Crippen molar-refractivity contribution in [2.24, 2.45) is 0 Å². The zero-order valence-electron chi connectivity index (χ0n) is 10.1. The zero-order chi connectivity index (χ0) is 14.1. The van der Waals surface area contributed by atoms with Gasteiger partial charge in [-0.25, -0.2) is 4.79 Å². The molecule has 0 bridgehead atoms. The smallest absolute Gasteiger partial charge is 0.270 e. The molecular weight excluding hydrogens is 258 g/mol. The highest BCUT2D eigenvalue weighted by atomic mass is 16.2. The average molecular weight is 265 g/mol. The number of rotatable bonds is 1. The van der Waals surface area contributed by atoms with Crippen molar-refractivity contribution in [2.75, 3.05) is 0 Å². The topological polar surface area (TPSA) is 104 Å². The number of hydrogen-bond acceptors (Lipinski definition) is 5. The Kier molecular flexibility index (Phi) is 2.62. The summed E-state index contributed by atoms with van der Waals surface area (Å²) in [5, 5.41) is 13.4. The molecule has 2 heterocycles. The van der Waals surface area contributed by atoms with E-state index in [-0.39, 0.29) is 5.69 Å². The van der Waals surface area contributed by atoms with E-state index in [4.69, 9.17) is 5.26 Å². The van der Waals surface area contributed by atoms with Crippen LogP contribution in [-0.4, -0.2) is 19.7 Å². The predicted octanol–water partition coefficient (Wildman–Crippen LogP) is 0.341. The third kappa shape index (κ3) is 1.76. The van der Waals surface area contributed by atoms with Crippen LogP contribution in [0.25, 0.3) is 16.6 Å². The van der Waals surface area contributed by atoms with Crippen LogP contribution in [0.1, 0.15) is 5.69 Å². The third-order valence-electron chi connectivity index (χ3n) is 2.77. The van der Waals surface area contributed by atoms with Crippen LogP contribution in [-0.2, 0) is 0 Å². The molecular formula is C13H7N5O2. The maximum Gasteiger partial charge on any atom is 0.349 e. The van der Waals surface area contributed by atoms with E-state index in [1.54, 1.807) is 30.5 Å². The molecule has 1 aromatic carbocycles. The Hall–Kier alpha value is -3.27. The number of para-hydroxylation sites is 1. The minimum Gasteiger partial charge on any atom is -0.270 e. The Labute approximate surface area is 111 Å². The number of nitrogens with zero attached hydrogens (tertiary/aromatic N) is 4. The second-order valence-corrected chi connectivity index (χ2v) is 3.98. The van der Waals surface area contributed by atoms with Crippen molar-refractivity contribution < 1.29 is 0 Å². The Morgan fingerprint density at radius 1 is 1.20 bits per heavy atom. The highest BCUT2D eigenvalue weighted by Gasteiger charge is 2.10. The molecule has 0 amide bonds. The number of H-pyrrole nitrogens is 1. The van der Waals surface area contributed by atoms with E-state index < -0.39 is 11.2 Å². The van der Waals surface area contributed by atoms with Gasteiger partial charge in [-0.15, -0.1) is 5.10 Å². The molecule has 0 radical (unpaired) electrons. The average Bonchev–Trinajstić information content (AvgIpc) is 2.47. The van der Waals surface area contributed by atoms with E-state index >= 15 is 0 Å². The lowest BCUT2D eigenvalue weighted by molar-refractivity contribution is 0.743. The van der Waals surface area contributed by atoms with Crippen LogP contribution in [0.2, 0.25) is 0 Å². The molecule has 0 spiro atoms. The molecule has 2 aromatic heterocycles. The van der Waals surface area contributed by atoms with Crippen molar-refractivity contribution in [1.82, 2.24) is 19.7 Å². The maximum atomic E-state index is 11.9. The summed E-state index contributed by atoms with van der Waals surface area (Å²) in [6.07, 6.45) is 1.59. The van der Waals surface area contributed by atoms with Gasteiger partial charge in [0.25, 0.3) is 5.56 Å².